The third-order valence-corrected chi connectivity index (χ3v) is 6.09. The number of phenols is 1. The summed E-state index contributed by atoms with van der Waals surface area (Å²) >= 11 is 0. The highest BCUT2D eigenvalue weighted by Crippen LogP contribution is 2.36. The number of hydrogen-bond acceptors (Lipinski definition) is 6. The monoisotopic (exact) mass is 424 g/mol. The van der Waals surface area contributed by atoms with Crippen LogP contribution in [-0.2, 0) is 4.74 Å². The number of carbonyl (C=O) groups excluding carboxylic acids is 1. The first-order chi connectivity index (χ1) is 14.6. The Bertz CT molecular complexity index is 945. The molecular weight excluding hydrogens is 392 g/mol. The summed E-state index contributed by atoms with van der Waals surface area (Å²) in [6.07, 6.45) is 1.92. The van der Waals surface area contributed by atoms with E-state index in [9.17, 15) is 9.90 Å². The lowest BCUT2D eigenvalue weighted by Gasteiger charge is -2.37. The number of hydrogen-bond donors (Lipinski definition) is 1. The van der Waals surface area contributed by atoms with Gasteiger partial charge in [0.25, 0.3) is 0 Å². The fourth-order valence-electron chi connectivity index (χ4n) is 4.83. The number of benzene rings is 1. The lowest BCUT2D eigenvalue weighted by molar-refractivity contribution is 0.0287. The number of aromatic hydroxyl groups is 1. The fraction of sp³-hybridized carbons (Fsp3) is 0.542. The van der Waals surface area contributed by atoms with Crippen LogP contribution in [0.3, 0.4) is 0 Å². The lowest BCUT2D eigenvalue weighted by atomic mass is 9.92. The lowest BCUT2D eigenvalue weighted by Crippen LogP contribution is -2.46. The molecule has 4 rings (SSSR count). The van der Waals surface area contributed by atoms with Gasteiger partial charge in [0.15, 0.2) is 5.82 Å². The zero-order valence-corrected chi connectivity index (χ0v) is 19.1. The Labute approximate surface area is 184 Å². The van der Waals surface area contributed by atoms with Crippen LogP contribution in [0.5, 0.6) is 5.75 Å². The number of likely N-dealkylation sites (tertiary alicyclic amines) is 1. The molecule has 2 fully saturated rings. The summed E-state index contributed by atoms with van der Waals surface area (Å²) in [5, 5.41) is 19.3. The number of ether oxygens (including phenoxy) is 1. The van der Waals surface area contributed by atoms with Crippen LogP contribution in [0.15, 0.2) is 24.3 Å². The van der Waals surface area contributed by atoms with E-state index in [2.05, 4.69) is 15.1 Å². The molecule has 1 aromatic carbocycles. The van der Waals surface area contributed by atoms with Crippen molar-refractivity contribution in [1.82, 2.24) is 15.1 Å². The van der Waals surface area contributed by atoms with Gasteiger partial charge in [-0.2, -0.15) is 0 Å². The minimum absolute atomic E-state index is 0.218. The molecule has 0 spiro atoms. The Balaban J connectivity index is 1.53. The Morgan fingerprint density at radius 2 is 1.94 bits per heavy atom. The van der Waals surface area contributed by atoms with Crippen molar-refractivity contribution in [2.24, 2.45) is 5.92 Å². The van der Waals surface area contributed by atoms with Gasteiger partial charge in [0.1, 0.15) is 11.4 Å². The summed E-state index contributed by atoms with van der Waals surface area (Å²) in [5.41, 5.74) is 2.87. The van der Waals surface area contributed by atoms with Crippen LogP contribution >= 0.6 is 0 Å². The van der Waals surface area contributed by atoms with Gasteiger partial charge in [0.05, 0.1) is 11.7 Å². The van der Waals surface area contributed by atoms with Gasteiger partial charge in [-0.1, -0.05) is 6.07 Å². The zero-order chi connectivity index (χ0) is 22.3. The number of phenolic OH excluding ortho intramolecular Hbond substituents is 1. The summed E-state index contributed by atoms with van der Waals surface area (Å²) in [7, 11) is 0. The molecule has 2 aliphatic rings. The van der Waals surface area contributed by atoms with E-state index in [1.54, 1.807) is 6.07 Å². The standard InChI is InChI=1S/C24H32N4O3/c1-15-11-16(2)22(20(29)12-15)18-8-9-21(26-25-18)28-10-6-7-17-13-27(14-19(17)28)23(30)31-24(3,4)5/h8-9,11-12,17,19,29H,6-7,10,13-14H2,1-5H3. The molecule has 7 nitrogen and oxygen atoms in total. The molecule has 0 radical (unpaired) electrons. The molecule has 1 amide bonds. The van der Waals surface area contributed by atoms with E-state index in [0.29, 0.717) is 18.2 Å². The molecule has 166 valence electrons. The predicted molar refractivity (Wildman–Crippen MR) is 120 cm³/mol. The van der Waals surface area contributed by atoms with Crippen molar-refractivity contribution in [2.75, 3.05) is 24.5 Å². The number of anilines is 1. The molecule has 2 aromatic rings. The molecular formula is C24H32N4O3. The van der Waals surface area contributed by atoms with Gasteiger partial charge in [0.2, 0.25) is 0 Å². The maximum absolute atomic E-state index is 12.6. The van der Waals surface area contributed by atoms with Crippen molar-refractivity contribution in [1.29, 1.82) is 0 Å². The van der Waals surface area contributed by atoms with Crippen LogP contribution in [0.1, 0.15) is 44.7 Å². The molecule has 2 atom stereocenters. The number of carbonyl (C=O) groups is 1. The summed E-state index contributed by atoms with van der Waals surface area (Å²) in [6, 6.07) is 7.89. The smallest absolute Gasteiger partial charge is 0.410 e. The van der Waals surface area contributed by atoms with Crippen LogP contribution in [0.2, 0.25) is 0 Å². The van der Waals surface area contributed by atoms with Crippen molar-refractivity contribution < 1.29 is 14.6 Å². The zero-order valence-electron chi connectivity index (χ0n) is 19.1. The molecule has 0 aliphatic carbocycles. The Hall–Kier alpha value is -2.83. The molecule has 0 saturated carbocycles. The van der Waals surface area contributed by atoms with E-state index in [-0.39, 0.29) is 17.9 Å². The number of aryl methyl sites for hydroxylation is 2. The molecule has 2 saturated heterocycles. The van der Waals surface area contributed by atoms with Crippen LogP contribution in [0, 0.1) is 19.8 Å². The van der Waals surface area contributed by atoms with Gasteiger partial charge in [-0.15, -0.1) is 10.2 Å². The minimum Gasteiger partial charge on any atom is -0.507 e. The average molecular weight is 425 g/mol. The van der Waals surface area contributed by atoms with Gasteiger partial charge in [-0.05, 0) is 82.7 Å². The van der Waals surface area contributed by atoms with Crippen molar-refractivity contribution in [2.45, 2.75) is 59.1 Å². The largest absolute Gasteiger partial charge is 0.507 e. The molecule has 3 heterocycles. The Kier molecular flexibility index (Phi) is 5.54. The molecule has 1 N–H and O–H groups in total. The van der Waals surface area contributed by atoms with Crippen LogP contribution < -0.4 is 4.90 Å². The first kappa shape index (κ1) is 21.4. The Morgan fingerprint density at radius 3 is 2.58 bits per heavy atom. The highest BCUT2D eigenvalue weighted by molar-refractivity contribution is 5.71. The third kappa shape index (κ3) is 4.45. The number of aromatic nitrogens is 2. The van der Waals surface area contributed by atoms with E-state index in [4.69, 9.17) is 4.74 Å². The maximum atomic E-state index is 12.6. The molecule has 2 aliphatic heterocycles. The number of nitrogens with zero attached hydrogens (tertiary/aromatic N) is 4. The first-order valence-corrected chi connectivity index (χ1v) is 11.0. The van der Waals surface area contributed by atoms with Gasteiger partial charge < -0.3 is 19.6 Å². The molecule has 7 heteroatoms. The molecule has 2 unspecified atom stereocenters. The maximum Gasteiger partial charge on any atom is 0.410 e. The topological polar surface area (TPSA) is 78.8 Å². The van der Waals surface area contributed by atoms with E-state index < -0.39 is 5.60 Å². The van der Waals surface area contributed by atoms with Crippen LogP contribution in [-0.4, -0.2) is 57.6 Å². The predicted octanol–water partition coefficient (Wildman–Crippen LogP) is 4.30. The van der Waals surface area contributed by atoms with Crippen molar-refractivity contribution >= 4 is 11.9 Å². The highest BCUT2D eigenvalue weighted by Gasteiger charge is 2.42. The number of rotatable bonds is 2. The second-order valence-electron chi connectivity index (χ2n) is 9.80. The van der Waals surface area contributed by atoms with E-state index >= 15 is 0 Å². The van der Waals surface area contributed by atoms with E-state index in [0.717, 1.165) is 48.4 Å². The normalized spacial score (nSPS) is 21.2. The molecule has 31 heavy (non-hydrogen) atoms. The van der Waals surface area contributed by atoms with Crippen LogP contribution in [0.25, 0.3) is 11.3 Å². The third-order valence-electron chi connectivity index (χ3n) is 6.09. The second kappa shape index (κ2) is 8.02. The number of fused-ring (bicyclic) bond motifs is 1. The number of amides is 1. The highest BCUT2D eigenvalue weighted by atomic mass is 16.6. The molecule has 1 aromatic heterocycles. The summed E-state index contributed by atoms with van der Waals surface area (Å²) < 4.78 is 5.58. The summed E-state index contributed by atoms with van der Waals surface area (Å²) in [5.74, 6) is 1.45. The van der Waals surface area contributed by atoms with Gasteiger partial charge in [0, 0.05) is 25.2 Å². The Morgan fingerprint density at radius 1 is 1.16 bits per heavy atom. The fourth-order valence-corrected chi connectivity index (χ4v) is 4.83. The second-order valence-corrected chi connectivity index (χ2v) is 9.80. The van der Waals surface area contributed by atoms with Gasteiger partial charge >= 0.3 is 6.09 Å². The van der Waals surface area contributed by atoms with Crippen molar-refractivity contribution in [3.8, 4) is 17.0 Å². The average Bonchev–Trinajstić information content (AvgIpc) is 3.11. The first-order valence-electron chi connectivity index (χ1n) is 11.0. The van der Waals surface area contributed by atoms with Crippen LogP contribution in [0.4, 0.5) is 10.6 Å². The summed E-state index contributed by atoms with van der Waals surface area (Å²) in [4.78, 5) is 16.7. The number of piperidine rings is 1. The van der Waals surface area contributed by atoms with Crippen molar-refractivity contribution in [3.63, 3.8) is 0 Å². The quantitative estimate of drug-likeness (QED) is 0.774. The SMILES string of the molecule is Cc1cc(C)c(-c2ccc(N3CCCC4CN(C(=O)OC(C)(C)C)CC43)nn2)c(O)c1. The van der Waals surface area contributed by atoms with Crippen molar-refractivity contribution in [3.05, 3.63) is 35.4 Å². The van der Waals surface area contributed by atoms with E-state index in [1.165, 1.54) is 0 Å². The minimum atomic E-state index is -0.495. The molecule has 0 bridgehead atoms. The van der Waals surface area contributed by atoms with E-state index in [1.807, 2.05) is 57.7 Å². The van der Waals surface area contributed by atoms with Gasteiger partial charge in [-0.3, -0.25) is 0 Å². The summed E-state index contributed by atoms with van der Waals surface area (Å²) in [6.45, 7) is 11.9. The van der Waals surface area contributed by atoms with Gasteiger partial charge in [-0.25, -0.2) is 4.79 Å².